The third-order valence-corrected chi connectivity index (χ3v) is 7.51. The SMILES string of the molecule is COCCCNC(=O)c1c(NC(=O)c2cnc(-c3ccccc3F)s2)sc2c1CCCC2. The van der Waals surface area contributed by atoms with Gasteiger partial charge in [-0.15, -0.1) is 22.7 Å². The first kappa shape index (κ1) is 22.6. The van der Waals surface area contributed by atoms with Crippen molar-refractivity contribution in [2.75, 3.05) is 25.6 Å². The number of fused-ring (bicyclic) bond motifs is 1. The summed E-state index contributed by atoms with van der Waals surface area (Å²) in [7, 11) is 1.63. The van der Waals surface area contributed by atoms with Crippen molar-refractivity contribution >= 4 is 39.5 Å². The first-order valence-corrected chi connectivity index (χ1v) is 12.2. The highest BCUT2D eigenvalue weighted by molar-refractivity contribution is 7.18. The van der Waals surface area contributed by atoms with Gasteiger partial charge in [0, 0.05) is 30.7 Å². The van der Waals surface area contributed by atoms with E-state index in [0.29, 0.717) is 39.2 Å². The second-order valence-electron chi connectivity index (χ2n) is 7.48. The molecule has 2 amide bonds. The molecule has 3 aromatic rings. The van der Waals surface area contributed by atoms with E-state index in [0.717, 1.165) is 53.9 Å². The molecule has 1 aliphatic carbocycles. The van der Waals surface area contributed by atoms with Gasteiger partial charge in [-0.2, -0.15) is 0 Å². The minimum atomic E-state index is -0.382. The minimum absolute atomic E-state index is 0.174. The van der Waals surface area contributed by atoms with Crippen LogP contribution in [0.3, 0.4) is 0 Å². The highest BCUT2D eigenvalue weighted by Crippen LogP contribution is 2.38. The molecular formula is C23H24FN3O3S2. The first-order valence-electron chi connectivity index (χ1n) is 10.5. The molecule has 2 N–H and O–H groups in total. The number of aryl methyl sites for hydroxylation is 1. The van der Waals surface area contributed by atoms with Crippen LogP contribution in [-0.4, -0.2) is 37.1 Å². The lowest BCUT2D eigenvalue weighted by atomic mass is 9.95. The maximum Gasteiger partial charge on any atom is 0.268 e. The van der Waals surface area contributed by atoms with Crippen LogP contribution in [-0.2, 0) is 17.6 Å². The molecule has 0 saturated carbocycles. The van der Waals surface area contributed by atoms with Crippen LogP contribution in [0.25, 0.3) is 10.6 Å². The van der Waals surface area contributed by atoms with E-state index in [1.165, 1.54) is 23.6 Å². The third kappa shape index (κ3) is 4.90. The zero-order valence-electron chi connectivity index (χ0n) is 17.7. The van der Waals surface area contributed by atoms with Crippen molar-refractivity contribution in [2.45, 2.75) is 32.1 Å². The van der Waals surface area contributed by atoms with Gasteiger partial charge in [0.25, 0.3) is 11.8 Å². The fraction of sp³-hybridized carbons (Fsp3) is 0.348. The Morgan fingerprint density at radius 1 is 1.16 bits per heavy atom. The van der Waals surface area contributed by atoms with Gasteiger partial charge in [-0.25, -0.2) is 9.37 Å². The number of hydrogen-bond donors (Lipinski definition) is 2. The average Bonchev–Trinajstić information content (AvgIpc) is 3.42. The predicted octanol–water partition coefficient (Wildman–Crippen LogP) is 4.91. The number of anilines is 1. The van der Waals surface area contributed by atoms with E-state index >= 15 is 0 Å². The Labute approximate surface area is 193 Å². The Balaban J connectivity index is 1.55. The number of rotatable bonds is 8. The van der Waals surface area contributed by atoms with E-state index in [4.69, 9.17) is 4.74 Å². The van der Waals surface area contributed by atoms with Crippen LogP contribution in [0, 0.1) is 5.82 Å². The Hall–Kier alpha value is -2.62. The number of ether oxygens (including phenoxy) is 1. The van der Waals surface area contributed by atoms with Crippen molar-refractivity contribution in [2.24, 2.45) is 0 Å². The van der Waals surface area contributed by atoms with E-state index in [1.54, 1.807) is 25.3 Å². The molecule has 6 nitrogen and oxygen atoms in total. The number of nitrogens with zero attached hydrogens (tertiary/aromatic N) is 1. The molecule has 2 aromatic heterocycles. The topological polar surface area (TPSA) is 80.3 Å². The molecule has 4 rings (SSSR count). The summed E-state index contributed by atoms with van der Waals surface area (Å²) in [4.78, 5) is 31.7. The fourth-order valence-electron chi connectivity index (χ4n) is 3.70. The van der Waals surface area contributed by atoms with Gasteiger partial charge in [0.15, 0.2) is 0 Å². The van der Waals surface area contributed by atoms with Gasteiger partial charge in [-0.1, -0.05) is 12.1 Å². The molecule has 0 unspecified atom stereocenters. The standard InChI is InChI=1S/C23H24FN3O3S2/c1-30-12-6-11-25-21(29)19-15-8-3-5-10-17(15)31-23(19)27-20(28)18-13-26-22(32-18)14-7-2-4-9-16(14)24/h2,4,7,9,13H,3,5-6,8,10-12H2,1H3,(H,25,29)(H,27,28). The van der Waals surface area contributed by atoms with Crippen molar-refractivity contribution in [3.05, 3.63) is 57.2 Å². The molecule has 1 aliphatic rings. The van der Waals surface area contributed by atoms with Crippen LogP contribution in [0.5, 0.6) is 0 Å². The molecule has 1 aromatic carbocycles. The van der Waals surface area contributed by atoms with Gasteiger partial charge < -0.3 is 15.4 Å². The number of aromatic nitrogens is 1. The molecule has 0 spiro atoms. The molecule has 2 heterocycles. The zero-order valence-corrected chi connectivity index (χ0v) is 19.3. The maximum atomic E-state index is 14.1. The van der Waals surface area contributed by atoms with Crippen LogP contribution >= 0.6 is 22.7 Å². The Bertz CT molecular complexity index is 1130. The highest BCUT2D eigenvalue weighted by Gasteiger charge is 2.27. The molecule has 0 atom stereocenters. The van der Waals surface area contributed by atoms with Crippen LogP contribution < -0.4 is 10.6 Å². The molecule has 0 aliphatic heterocycles. The number of carbonyl (C=O) groups excluding carboxylic acids is 2. The first-order chi connectivity index (χ1) is 15.6. The normalized spacial score (nSPS) is 12.9. The quantitative estimate of drug-likeness (QED) is 0.456. The van der Waals surface area contributed by atoms with E-state index < -0.39 is 0 Å². The highest BCUT2D eigenvalue weighted by atomic mass is 32.1. The van der Waals surface area contributed by atoms with Crippen molar-refractivity contribution in [3.8, 4) is 10.6 Å². The molecule has 32 heavy (non-hydrogen) atoms. The lowest BCUT2D eigenvalue weighted by Gasteiger charge is -2.13. The number of halogens is 1. The van der Waals surface area contributed by atoms with Crippen LogP contribution in [0.4, 0.5) is 9.39 Å². The van der Waals surface area contributed by atoms with E-state index in [9.17, 15) is 14.0 Å². The number of hydrogen-bond acceptors (Lipinski definition) is 6. The zero-order chi connectivity index (χ0) is 22.5. The molecule has 0 radical (unpaired) electrons. The van der Waals surface area contributed by atoms with Crippen molar-refractivity contribution in [1.82, 2.24) is 10.3 Å². The van der Waals surface area contributed by atoms with Crippen molar-refractivity contribution in [3.63, 3.8) is 0 Å². The Morgan fingerprint density at radius 2 is 1.97 bits per heavy atom. The summed E-state index contributed by atoms with van der Waals surface area (Å²) in [5, 5.41) is 6.86. The van der Waals surface area contributed by atoms with Gasteiger partial charge in [0.05, 0.1) is 11.8 Å². The molecule has 0 bridgehead atoms. The maximum absolute atomic E-state index is 14.1. The Morgan fingerprint density at radius 3 is 2.78 bits per heavy atom. The third-order valence-electron chi connectivity index (χ3n) is 5.27. The number of nitrogens with one attached hydrogen (secondary N) is 2. The predicted molar refractivity (Wildman–Crippen MR) is 125 cm³/mol. The molecule has 9 heteroatoms. The van der Waals surface area contributed by atoms with Gasteiger partial charge in [-0.3, -0.25) is 9.59 Å². The monoisotopic (exact) mass is 473 g/mol. The largest absolute Gasteiger partial charge is 0.385 e. The number of amides is 2. The van der Waals surface area contributed by atoms with Gasteiger partial charge >= 0.3 is 0 Å². The van der Waals surface area contributed by atoms with Crippen molar-refractivity contribution in [1.29, 1.82) is 0 Å². The molecular weight excluding hydrogens is 449 g/mol. The minimum Gasteiger partial charge on any atom is -0.385 e. The average molecular weight is 474 g/mol. The number of methoxy groups -OCH3 is 1. The fourth-order valence-corrected chi connectivity index (χ4v) is 5.82. The molecule has 0 fully saturated rings. The lowest BCUT2D eigenvalue weighted by molar-refractivity contribution is 0.0948. The summed E-state index contributed by atoms with van der Waals surface area (Å²) in [6.45, 7) is 1.08. The van der Waals surface area contributed by atoms with Gasteiger partial charge in [0.2, 0.25) is 0 Å². The summed E-state index contributed by atoms with van der Waals surface area (Å²) in [6.07, 6.45) is 6.02. The second kappa shape index (κ2) is 10.3. The number of thiophene rings is 1. The van der Waals surface area contributed by atoms with Gasteiger partial charge in [0.1, 0.15) is 20.7 Å². The lowest BCUT2D eigenvalue weighted by Crippen LogP contribution is -2.27. The van der Waals surface area contributed by atoms with Crippen molar-refractivity contribution < 1.29 is 18.7 Å². The van der Waals surface area contributed by atoms with E-state index in [1.807, 2.05) is 0 Å². The summed E-state index contributed by atoms with van der Waals surface area (Å²) in [5.74, 6) is -0.906. The summed E-state index contributed by atoms with van der Waals surface area (Å²) in [5.41, 5.74) is 1.96. The summed E-state index contributed by atoms with van der Waals surface area (Å²) >= 11 is 2.59. The van der Waals surface area contributed by atoms with Crippen LogP contribution in [0.2, 0.25) is 0 Å². The van der Waals surface area contributed by atoms with Gasteiger partial charge in [-0.05, 0) is 49.8 Å². The number of thiazole rings is 1. The summed E-state index contributed by atoms with van der Waals surface area (Å²) in [6, 6.07) is 6.34. The Kier molecular flexibility index (Phi) is 7.29. The van der Waals surface area contributed by atoms with E-state index in [2.05, 4.69) is 15.6 Å². The van der Waals surface area contributed by atoms with E-state index in [-0.39, 0.29) is 17.6 Å². The number of carbonyl (C=O) groups is 2. The van der Waals surface area contributed by atoms with Crippen LogP contribution in [0.15, 0.2) is 30.5 Å². The van der Waals surface area contributed by atoms with Crippen LogP contribution in [0.1, 0.15) is 49.7 Å². The smallest absolute Gasteiger partial charge is 0.268 e. The summed E-state index contributed by atoms with van der Waals surface area (Å²) < 4.78 is 19.1. The molecule has 0 saturated heterocycles. The second-order valence-corrected chi connectivity index (χ2v) is 9.62. The number of benzene rings is 1. The molecule has 168 valence electrons.